The van der Waals surface area contributed by atoms with Crippen molar-refractivity contribution in [3.8, 4) is 5.75 Å². The summed E-state index contributed by atoms with van der Waals surface area (Å²) in [6.45, 7) is 3.44. The maximum Gasteiger partial charge on any atom is 0.317 e. The molecule has 0 aliphatic carbocycles. The molecule has 1 saturated heterocycles. The molecule has 1 aromatic carbocycles. The van der Waals surface area contributed by atoms with Crippen LogP contribution >= 0.6 is 0 Å². The molecule has 0 spiro atoms. The normalized spacial score (nSPS) is 17.3. The number of piperidine rings is 1. The molecule has 1 unspecified atom stereocenters. The highest BCUT2D eigenvalue weighted by atomic mass is 19.1. The van der Waals surface area contributed by atoms with E-state index in [1.165, 1.54) is 6.07 Å². The van der Waals surface area contributed by atoms with E-state index in [0.29, 0.717) is 25.3 Å². The van der Waals surface area contributed by atoms with E-state index in [1.54, 1.807) is 31.0 Å². The number of nitrogens with one attached hydrogen (secondary N) is 2. The average Bonchev–Trinajstić information content (AvgIpc) is 2.61. The minimum Gasteiger partial charge on any atom is -0.491 e. The van der Waals surface area contributed by atoms with Gasteiger partial charge in [0.2, 0.25) is 5.91 Å². The van der Waals surface area contributed by atoms with Crippen molar-refractivity contribution in [2.45, 2.75) is 26.3 Å². The maximum atomic E-state index is 13.8. The van der Waals surface area contributed by atoms with Crippen molar-refractivity contribution < 1.29 is 18.7 Å². The van der Waals surface area contributed by atoms with E-state index in [0.717, 1.165) is 12.8 Å². The smallest absolute Gasteiger partial charge is 0.317 e. The van der Waals surface area contributed by atoms with Gasteiger partial charge in [0.15, 0.2) is 11.6 Å². The molecule has 0 bridgehead atoms. The molecule has 0 aromatic heterocycles. The van der Waals surface area contributed by atoms with Crippen LogP contribution < -0.4 is 15.4 Å². The van der Waals surface area contributed by atoms with Crippen LogP contribution in [0.15, 0.2) is 18.2 Å². The third kappa shape index (κ3) is 4.59. The lowest BCUT2D eigenvalue weighted by Crippen LogP contribution is -2.48. The second-order valence-electron chi connectivity index (χ2n) is 5.76. The molecule has 1 fully saturated rings. The largest absolute Gasteiger partial charge is 0.491 e. The van der Waals surface area contributed by atoms with Gasteiger partial charge in [-0.2, -0.15) is 0 Å². The van der Waals surface area contributed by atoms with Gasteiger partial charge in [-0.15, -0.1) is 0 Å². The van der Waals surface area contributed by atoms with Crippen LogP contribution in [0.25, 0.3) is 0 Å². The summed E-state index contributed by atoms with van der Waals surface area (Å²) in [6, 6.07) is 4.40. The van der Waals surface area contributed by atoms with Crippen molar-refractivity contribution in [3.63, 3.8) is 0 Å². The number of likely N-dealkylation sites (tertiary alicyclic amines) is 1. The molecular formula is C17H24FN3O3. The first-order valence-electron chi connectivity index (χ1n) is 8.20. The molecule has 6 nitrogen and oxygen atoms in total. The van der Waals surface area contributed by atoms with Crippen LogP contribution in [0.2, 0.25) is 0 Å². The van der Waals surface area contributed by atoms with Crippen molar-refractivity contribution in [3.05, 3.63) is 29.6 Å². The van der Waals surface area contributed by atoms with E-state index < -0.39 is 5.82 Å². The van der Waals surface area contributed by atoms with Crippen molar-refractivity contribution in [1.29, 1.82) is 0 Å². The summed E-state index contributed by atoms with van der Waals surface area (Å²) >= 11 is 0. The fraction of sp³-hybridized carbons (Fsp3) is 0.529. The van der Waals surface area contributed by atoms with E-state index >= 15 is 0 Å². The summed E-state index contributed by atoms with van der Waals surface area (Å²) < 4.78 is 19.0. The van der Waals surface area contributed by atoms with Gasteiger partial charge >= 0.3 is 6.03 Å². The second kappa shape index (κ2) is 8.52. The van der Waals surface area contributed by atoms with Gasteiger partial charge in [0, 0.05) is 26.7 Å². The molecule has 0 saturated carbocycles. The molecule has 1 aliphatic heterocycles. The van der Waals surface area contributed by atoms with Gasteiger partial charge in [0.25, 0.3) is 0 Å². The van der Waals surface area contributed by atoms with E-state index in [4.69, 9.17) is 4.74 Å². The molecule has 2 rings (SSSR count). The van der Waals surface area contributed by atoms with Crippen LogP contribution in [0, 0.1) is 11.7 Å². The first-order chi connectivity index (χ1) is 11.5. The number of amides is 3. The monoisotopic (exact) mass is 337 g/mol. The summed E-state index contributed by atoms with van der Waals surface area (Å²) in [4.78, 5) is 25.6. The molecule has 1 atom stereocenters. The number of nitrogens with zero attached hydrogens (tertiary/aromatic N) is 1. The first-order valence-corrected chi connectivity index (χ1v) is 8.20. The van der Waals surface area contributed by atoms with Crippen LogP contribution in [0.4, 0.5) is 9.18 Å². The third-order valence-corrected chi connectivity index (χ3v) is 4.07. The quantitative estimate of drug-likeness (QED) is 0.862. The number of carbonyl (C=O) groups excluding carboxylic acids is 2. The van der Waals surface area contributed by atoms with Crippen molar-refractivity contribution in [2.24, 2.45) is 5.92 Å². The molecule has 1 aromatic rings. The Kier molecular flexibility index (Phi) is 6.40. The predicted molar refractivity (Wildman–Crippen MR) is 88.2 cm³/mol. The number of benzene rings is 1. The topological polar surface area (TPSA) is 70.7 Å². The predicted octanol–water partition coefficient (Wildman–Crippen LogP) is 1.89. The van der Waals surface area contributed by atoms with E-state index in [2.05, 4.69) is 10.6 Å². The van der Waals surface area contributed by atoms with Gasteiger partial charge in [-0.3, -0.25) is 4.79 Å². The van der Waals surface area contributed by atoms with Gasteiger partial charge in [0.05, 0.1) is 12.5 Å². The van der Waals surface area contributed by atoms with Gasteiger partial charge in [0.1, 0.15) is 0 Å². The standard InChI is InChI=1S/C17H24FN3O3/c1-3-24-15-7-6-12(9-14(15)18)10-20-17(23)21-8-4-5-13(11-21)16(22)19-2/h6-7,9,13H,3-5,8,10-11H2,1-2H3,(H,19,22)(H,20,23). The lowest BCUT2D eigenvalue weighted by molar-refractivity contribution is -0.125. The zero-order chi connectivity index (χ0) is 17.5. The van der Waals surface area contributed by atoms with E-state index in [-0.39, 0.29) is 30.2 Å². The van der Waals surface area contributed by atoms with Crippen molar-refractivity contribution in [2.75, 3.05) is 26.7 Å². The number of carbonyl (C=O) groups is 2. The summed E-state index contributed by atoms with van der Waals surface area (Å²) in [5.74, 6) is -0.447. The summed E-state index contributed by atoms with van der Waals surface area (Å²) in [5, 5.41) is 5.40. The highest BCUT2D eigenvalue weighted by molar-refractivity contribution is 5.80. The zero-order valence-electron chi connectivity index (χ0n) is 14.1. The SMILES string of the molecule is CCOc1ccc(CNC(=O)N2CCCC(C(=O)NC)C2)cc1F. The van der Waals surface area contributed by atoms with Crippen LogP contribution in [0.1, 0.15) is 25.3 Å². The Morgan fingerprint density at radius 3 is 2.88 bits per heavy atom. The van der Waals surface area contributed by atoms with Crippen molar-refractivity contribution >= 4 is 11.9 Å². The molecule has 24 heavy (non-hydrogen) atoms. The second-order valence-corrected chi connectivity index (χ2v) is 5.76. The average molecular weight is 337 g/mol. The van der Waals surface area contributed by atoms with E-state index in [1.807, 2.05) is 0 Å². The number of ether oxygens (including phenoxy) is 1. The Morgan fingerprint density at radius 2 is 2.21 bits per heavy atom. The zero-order valence-corrected chi connectivity index (χ0v) is 14.1. The van der Waals surface area contributed by atoms with Gasteiger partial charge < -0.3 is 20.3 Å². The lowest BCUT2D eigenvalue weighted by Gasteiger charge is -2.31. The molecule has 7 heteroatoms. The summed E-state index contributed by atoms with van der Waals surface area (Å²) in [5.41, 5.74) is 0.657. The molecule has 1 aliphatic rings. The first kappa shape index (κ1) is 18.0. The summed E-state index contributed by atoms with van der Waals surface area (Å²) in [6.07, 6.45) is 1.58. The van der Waals surface area contributed by atoms with Gasteiger partial charge in [-0.1, -0.05) is 6.07 Å². The number of hydrogen-bond acceptors (Lipinski definition) is 3. The third-order valence-electron chi connectivity index (χ3n) is 4.07. The van der Waals surface area contributed by atoms with Crippen LogP contribution in [0.5, 0.6) is 5.75 Å². The van der Waals surface area contributed by atoms with Crippen LogP contribution in [0.3, 0.4) is 0 Å². The Bertz CT molecular complexity index is 594. The number of urea groups is 1. The molecule has 2 N–H and O–H groups in total. The minimum atomic E-state index is -0.443. The van der Waals surface area contributed by atoms with Crippen LogP contribution in [-0.2, 0) is 11.3 Å². The lowest BCUT2D eigenvalue weighted by atomic mass is 9.97. The fourth-order valence-electron chi connectivity index (χ4n) is 2.80. The molecular weight excluding hydrogens is 313 g/mol. The minimum absolute atomic E-state index is 0.0407. The number of rotatable bonds is 5. The summed E-state index contributed by atoms with van der Waals surface area (Å²) in [7, 11) is 1.60. The highest BCUT2D eigenvalue weighted by Gasteiger charge is 2.27. The number of hydrogen-bond donors (Lipinski definition) is 2. The molecule has 132 valence electrons. The molecule has 0 radical (unpaired) electrons. The van der Waals surface area contributed by atoms with Crippen molar-refractivity contribution in [1.82, 2.24) is 15.5 Å². The fourth-order valence-corrected chi connectivity index (χ4v) is 2.80. The van der Waals surface area contributed by atoms with Crippen LogP contribution in [-0.4, -0.2) is 43.6 Å². The molecule has 3 amide bonds. The van der Waals surface area contributed by atoms with Gasteiger partial charge in [-0.05, 0) is 37.5 Å². The Balaban J connectivity index is 1.88. The number of halogens is 1. The molecule has 1 heterocycles. The Labute approximate surface area is 141 Å². The highest BCUT2D eigenvalue weighted by Crippen LogP contribution is 2.19. The Morgan fingerprint density at radius 1 is 1.42 bits per heavy atom. The Hall–Kier alpha value is -2.31. The van der Waals surface area contributed by atoms with E-state index in [9.17, 15) is 14.0 Å². The van der Waals surface area contributed by atoms with Gasteiger partial charge in [-0.25, -0.2) is 9.18 Å². The maximum absolute atomic E-state index is 13.8.